The van der Waals surface area contributed by atoms with Crippen LogP contribution in [0.4, 0.5) is 4.79 Å². The highest BCUT2D eigenvalue weighted by molar-refractivity contribution is 6.30. The second kappa shape index (κ2) is 16.1. The summed E-state index contributed by atoms with van der Waals surface area (Å²) in [5.41, 5.74) is 3.50. The van der Waals surface area contributed by atoms with E-state index in [1.54, 1.807) is 4.90 Å². The molecule has 0 bridgehead atoms. The number of benzene rings is 2. The van der Waals surface area contributed by atoms with Crippen LogP contribution in [0.25, 0.3) is 0 Å². The zero-order chi connectivity index (χ0) is 35.3. The lowest BCUT2D eigenvalue weighted by molar-refractivity contribution is -0.0791. The van der Waals surface area contributed by atoms with Crippen molar-refractivity contribution in [1.82, 2.24) is 20.2 Å². The predicted octanol–water partition coefficient (Wildman–Crippen LogP) is 8.08. The molecule has 4 aromatic rings. The first-order valence-corrected chi connectivity index (χ1v) is 17.3. The van der Waals surface area contributed by atoms with Crippen LogP contribution < -0.4 is 5.32 Å². The topological polar surface area (TPSA) is 112 Å². The number of carbonyl (C=O) groups excluding carboxylic acids is 1. The van der Waals surface area contributed by atoms with Crippen LogP contribution in [0.3, 0.4) is 0 Å². The van der Waals surface area contributed by atoms with Crippen molar-refractivity contribution in [3.8, 4) is 0 Å². The number of amides is 1. The van der Waals surface area contributed by atoms with Gasteiger partial charge in [0, 0.05) is 22.6 Å². The van der Waals surface area contributed by atoms with E-state index in [-0.39, 0.29) is 18.2 Å². The molecule has 0 aliphatic carbocycles. The number of morpholine rings is 2. The largest absolute Gasteiger partial charge is 0.444 e. The van der Waals surface area contributed by atoms with Gasteiger partial charge in [0.2, 0.25) is 11.8 Å². The second-order valence-corrected chi connectivity index (χ2v) is 14.5. The molecule has 4 heterocycles. The van der Waals surface area contributed by atoms with Gasteiger partial charge in [-0.2, -0.15) is 0 Å². The molecule has 6 rings (SSSR count). The first-order valence-electron chi connectivity index (χ1n) is 16.6. The average molecular weight is 714 g/mol. The number of nitrogens with zero attached hydrogens (tertiary/aromatic N) is 3. The molecule has 12 heteroatoms. The van der Waals surface area contributed by atoms with Crippen LogP contribution in [-0.4, -0.2) is 64.9 Å². The van der Waals surface area contributed by atoms with Gasteiger partial charge in [-0.15, -0.1) is 0 Å². The van der Waals surface area contributed by atoms with Gasteiger partial charge in [0.05, 0.1) is 37.2 Å². The smallest absolute Gasteiger partial charge is 0.410 e. The molecule has 2 saturated heterocycles. The molecule has 49 heavy (non-hydrogen) atoms. The van der Waals surface area contributed by atoms with E-state index in [0.717, 1.165) is 46.5 Å². The van der Waals surface area contributed by atoms with E-state index in [9.17, 15) is 4.79 Å². The van der Waals surface area contributed by atoms with Crippen LogP contribution in [0, 0.1) is 27.7 Å². The summed E-state index contributed by atoms with van der Waals surface area (Å²) in [7, 11) is 0. The highest BCUT2D eigenvalue weighted by Gasteiger charge is 2.37. The van der Waals surface area contributed by atoms with Crippen molar-refractivity contribution < 1.29 is 27.8 Å². The maximum atomic E-state index is 12.9. The Morgan fingerprint density at radius 3 is 1.80 bits per heavy atom. The van der Waals surface area contributed by atoms with Crippen molar-refractivity contribution >= 4 is 29.3 Å². The summed E-state index contributed by atoms with van der Waals surface area (Å²) in [5, 5.41) is 4.95. The van der Waals surface area contributed by atoms with Gasteiger partial charge in [-0.25, -0.2) is 14.8 Å². The Morgan fingerprint density at radius 1 is 0.816 bits per heavy atom. The molecule has 2 aromatic carbocycles. The molecular formula is C37H46Cl2N4O6. The van der Waals surface area contributed by atoms with E-state index < -0.39 is 11.7 Å². The third-order valence-corrected chi connectivity index (χ3v) is 8.94. The summed E-state index contributed by atoms with van der Waals surface area (Å²) in [4.78, 5) is 23.5. The number of ether oxygens (including phenoxy) is 3. The number of oxazole rings is 2. The average Bonchev–Trinajstić information content (AvgIpc) is 3.58. The molecule has 1 N–H and O–H groups in total. The molecule has 0 spiro atoms. The fourth-order valence-corrected chi connectivity index (χ4v) is 5.79. The fraction of sp³-hybridized carbons (Fsp3) is 0.486. The molecule has 0 unspecified atom stereocenters. The van der Waals surface area contributed by atoms with Gasteiger partial charge < -0.3 is 28.4 Å². The van der Waals surface area contributed by atoms with Crippen LogP contribution >= 0.6 is 23.2 Å². The van der Waals surface area contributed by atoms with E-state index in [2.05, 4.69) is 27.4 Å². The normalized spacial score (nSPS) is 21.2. The second-order valence-electron chi connectivity index (χ2n) is 13.6. The molecule has 2 aromatic heterocycles. The summed E-state index contributed by atoms with van der Waals surface area (Å²) in [6, 6.07) is 15.7. The van der Waals surface area contributed by atoms with Gasteiger partial charge in [-0.1, -0.05) is 47.5 Å². The van der Waals surface area contributed by atoms with Gasteiger partial charge in [-0.05, 0) is 96.7 Å². The van der Waals surface area contributed by atoms with Crippen molar-refractivity contribution in [3.63, 3.8) is 0 Å². The number of aryl methyl sites for hydroxylation is 4. The molecule has 2 fully saturated rings. The van der Waals surface area contributed by atoms with Gasteiger partial charge in [0.1, 0.15) is 23.2 Å². The molecule has 264 valence electrons. The minimum atomic E-state index is -0.578. The standard InChI is InChI=1S/C21H27ClN2O4.C16H19ClN2O2/c1-13-14(2)27-19(23-13)18-11-24(20(25)28-21(3,4)5)17(12-26-18)10-15-6-8-16(22)9-7-15;1-10-11(2)21-16(19-10)15-8-18-14(9-20-15)7-12-3-5-13(17)6-4-12/h6-9,17-18H,10-12H2,1-5H3;3-6,14-15,18H,7-9H2,1-2H3/t17-,18+;14-,15+/m00/s1. The van der Waals surface area contributed by atoms with Gasteiger partial charge in [0.25, 0.3) is 0 Å². The zero-order valence-electron chi connectivity index (χ0n) is 29.2. The highest BCUT2D eigenvalue weighted by atomic mass is 35.5. The van der Waals surface area contributed by atoms with E-state index in [1.165, 1.54) is 5.56 Å². The maximum Gasteiger partial charge on any atom is 0.410 e. The lowest BCUT2D eigenvalue weighted by Gasteiger charge is -2.39. The minimum Gasteiger partial charge on any atom is -0.444 e. The van der Waals surface area contributed by atoms with Crippen molar-refractivity contribution in [2.24, 2.45) is 0 Å². The number of hydrogen-bond donors (Lipinski definition) is 1. The summed E-state index contributed by atoms with van der Waals surface area (Å²) >= 11 is 11.9. The number of hydrogen-bond acceptors (Lipinski definition) is 9. The molecule has 4 atom stereocenters. The Hall–Kier alpha value is -3.41. The monoisotopic (exact) mass is 712 g/mol. The molecule has 2 aliphatic heterocycles. The Morgan fingerprint density at radius 2 is 1.33 bits per heavy atom. The predicted molar refractivity (Wildman–Crippen MR) is 188 cm³/mol. The van der Waals surface area contributed by atoms with Crippen LogP contribution in [0.15, 0.2) is 57.4 Å². The summed E-state index contributed by atoms with van der Waals surface area (Å²) < 4.78 is 28.9. The van der Waals surface area contributed by atoms with E-state index >= 15 is 0 Å². The number of carbonyl (C=O) groups is 1. The van der Waals surface area contributed by atoms with Crippen LogP contribution in [0.5, 0.6) is 0 Å². The van der Waals surface area contributed by atoms with Crippen LogP contribution in [-0.2, 0) is 27.1 Å². The van der Waals surface area contributed by atoms with E-state index in [1.807, 2.05) is 84.9 Å². The molecule has 2 aliphatic rings. The first kappa shape index (κ1) is 36.9. The van der Waals surface area contributed by atoms with Crippen LogP contribution in [0.2, 0.25) is 10.0 Å². The van der Waals surface area contributed by atoms with Crippen LogP contribution in [0.1, 0.15) is 78.8 Å². The number of aromatic nitrogens is 2. The molecule has 0 saturated carbocycles. The van der Waals surface area contributed by atoms with Crippen molar-refractivity contribution in [1.29, 1.82) is 0 Å². The Kier molecular flexibility index (Phi) is 12.1. The van der Waals surface area contributed by atoms with Gasteiger partial charge in [-0.3, -0.25) is 4.90 Å². The molecule has 1 amide bonds. The number of rotatable bonds is 6. The van der Waals surface area contributed by atoms with Crippen molar-refractivity contribution in [2.75, 3.05) is 26.3 Å². The molecule has 0 radical (unpaired) electrons. The third kappa shape index (κ3) is 10.3. The quantitative estimate of drug-likeness (QED) is 0.212. The minimum absolute atomic E-state index is 0.0983. The summed E-state index contributed by atoms with van der Waals surface area (Å²) in [6.07, 6.45) is 0.695. The highest BCUT2D eigenvalue weighted by Crippen LogP contribution is 2.29. The zero-order valence-corrected chi connectivity index (χ0v) is 30.7. The van der Waals surface area contributed by atoms with Crippen molar-refractivity contribution in [2.45, 2.75) is 91.2 Å². The lowest BCUT2D eigenvalue weighted by Crippen LogP contribution is -2.52. The van der Waals surface area contributed by atoms with Gasteiger partial charge in [0.15, 0.2) is 6.10 Å². The van der Waals surface area contributed by atoms with E-state index in [4.69, 9.17) is 46.2 Å². The van der Waals surface area contributed by atoms with E-state index in [0.29, 0.717) is 49.0 Å². The molecule has 10 nitrogen and oxygen atoms in total. The Labute approximate surface area is 298 Å². The molecular weight excluding hydrogens is 667 g/mol. The number of nitrogens with one attached hydrogen (secondary N) is 1. The first-order chi connectivity index (χ1) is 23.2. The fourth-order valence-electron chi connectivity index (χ4n) is 5.54. The lowest BCUT2D eigenvalue weighted by atomic mass is 10.0. The maximum absolute atomic E-state index is 12.9. The third-order valence-electron chi connectivity index (χ3n) is 8.43. The Bertz CT molecular complexity index is 1640. The summed E-state index contributed by atoms with van der Waals surface area (Å²) in [5.74, 6) is 2.78. The SMILES string of the molecule is Cc1nc([C@H]2CN(C(=O)OC(C)(C)C)[C@@H](Cc3ccc(Cl)cc3)CO2)oc1C.Cc1nc([C@H]2CN[C@@H](Cc3ccc(Cl)cc3)CO2)oc1C. The summed E-state index contributed by atoms with van der Waals surface area (Å²) in [6.45, 7) is 15.3. The number of halogens is 2. The van der Waals surface area contributed by atoms with Gasteiger partial charge >= 0.3 is 6.09 Å². The van der Waals surface area contributed by atoms with Crippen molar-refractivity contribution in [3.05, 3.63) is 104 Å². The Balaban J connectivity index is 0.000000199.